The minimum atomic E-state index is -0.206. The first-order valence-electron chi connectivity index (χ1n) is 7.05. The highest BCUT2D eigenvalue weighted by Gasteiger charge is 2.44. The number of aromatic nitrogens is 3. The van der Waals surface area contributed by atoms with Gasteiger partial charge in [-0.15, -0.1) is 0 Å². The number of imidazole rings is 1. The lowest BCUT2D eigenvalue weighted by molar-refractivity contribution is 0.0721. The van der Waals surface area contributed by atoms with Gasteiger partial charge >= 0.3 is 5.69 Å². The van der Waals surface area contributed by atoms with Crippen molar-refractivity contribution in [1.82, 2.24) is 14.5 Å². The van der Waals surface area contributed by atoms with Crippen molar-refractivity contribution in [3.63, 3.8) is 0 Å². The molecule has 0 unspecified atom stereocenters. The van der Waals surface area contributed by atoms with Gasteiger partial charge in [-0.25, -0.2) is 4.79 Å². The minimum Gasteiger partial charge on any atom is -0.489 e. The van der Waals surface area contributed by atoms with Gasteiger partial charge in [0.05, 0.1) is 38.1 Å². The first kappa shape index (κ1) is 11.8. The summed E-state index contributed by atoms with van der Waals surface area (Å²) in [5.74, 6) is 0.794. The number of aromatic amines is 1. The summed E-state index contributed by atoms with van der Waals surface area (Å²) in [4.78, 5) is 19.9. The normalized spacial score (nSPS) is 18.9. The molecule has 5 nitrogen and oxygen atoms in total. The van der Waals surface area contributed by atoms with E-state index in [9.17, 15) is 4.79 Å². The molecule has 1 aliphatic heterocycles. The average molecular weight is 346 g/mol. The fourth-order valence-corrected chi connectivity index (χ4v) is 4.07. The van der Waals surface area contributed by atoms with Crippen molar-refractivity contribution in [2.45, 2.75) is 24.8 Å². The van der Waals surface area contributed by atoms with Crippen molar-refractivity contribution >= 4 is 37.9 Å². The molecule has 0 radical (unpaired) electrons. The second-order valence-corrected chi connectivity index (χ2v) is 6.78. The maximum atomic E-state index is 12.5. The van der Waals surface area contributed by atoms with Crippen molar-refractivity contribution in [2.75, 3.05) is 6.61 Å². The molecule has 21 heavy (non-hydrogen) atoms. The molecule has 0 saturated heterocycles. The Hall–Kier alpha value is -1.82. The van der Waals surface area contributed by atoms with Crippen molar-refractivity contribution in [3.05, 3.63) is 33.3 Å². The van der Waals surface area contributed by atoms with Crippen LogP contribution in [0, 0.1) is 0 Å². The van der Waals surface area contributed by atoms with Crippen LogP contribution in [0.2, 0.25) is 0 Å². The molecule has 1 saturated carbocycles. The molecule has 1 aliphatic carbocycles. The van der Waals surface area contributed by atoms with Crippen molar-refractivity contribution in [3.8, 4) is 5.75 Å². The van der Waals surface area contributed by atoms with Gasteiger partial charge in [0.1, 0.15) is 12.4 Å². The fraction of sp³-hybridized carbons (Fsp3) is 0.333. The number of nitrogens with zero attached hydrogens (tertiary/aromatic N) is 2. The smallest absolute Gasteiger partial charge is 0.327 e. The summed E-state index contributed by atoms with van der Waals surface area (Å²) in [6, 6.07) is 3.90. The number of H-pyrrole nitrogens is 1. The Kier molecular flexibility index (Phi) is 2.07. The van der Waals surface area contributed by atoms with Crippen LogP contribution >= 0.6 is 15.9 Å². The second kappa shape index (κ2) is 3.68. The van der Waals surface area contributed by atoms with Crippen LogP contribution in [0.1, 0.15) is 19.3 Å². The van der Waals surface area contributed by atoms with Crippen LogP contribution in [0.4, 0.5) is 0 Å². The lowest BCUT2D eigenvalue weighted by Crippen LogP contribution is -2.49. The number of halogens is 1. The molecule has 3 heterocycles. The summed E-state index contributed by atoms with van der Waals surface area (Å²) < 4.78 is 8.93. The number of hydrogen-bond donors (Lipinski definition) is 1. The predicted molar refractivity (Wildman–Crippen MR) is 82.9 cm³/mol. The Labute approximate surface area is 128 Å². The predicted octanol–water partition coefficient (Wildman–Crippen LogP) is 2.91. The van der Waals surface area contributed by atoms with Gasteiger partial charge in [0.2, 0.25) is 0 Å². The van der Waals surface area contributed by atoms with E-state index in [-0.39, 0.29) is 11.2 Å². The van der Waals surface area contributed by atoms with E-state index < -0.39 is 0 Å². The van der Waals surface area contributed by atoms with Crippen LogP contribution in [0.3, 0.4) is 0 Å². The van der Waals surface area contributed by atoms with Crippen LogP contribution < -0.4 is 10.4 Å². The van der Waals surface area contributed by atoms with Gasteiger partial charge in [0, 0.05) is 0 Å². The molecule has 3 aromatic rings. The average Bonchev–Trinajstić information content (AvgIpc) is 2.66. The zero-order valence-corrected chi connectivity index (χ0v) is 12.7. The number of pyridine rings is 1. The molecule has 2 aromatic heterocycles. The molecular formula is C15H12BrN3O2. The SMILES string of the molecule is O=c1[nH]c2cnc3ccc(Br)c4c3c2n1C1(CCC1)CO4. The molecular weight excluding hydrogens is 334 g/mol. The van der Waals surface area contributed by atoms with E-state index in [1.807, 2.05) is 16.7 Å². The maximum Gasteiger partial charge on any atom is 0.327 e. The first-order valence-corrected chi connectivity index (χ1v) is 7.84. The first-order chi connectivity index (χ1) is 10.2. The standard InChI is InChI=1S/C15H12BrN3O2/c16-8-2-3-9-11-12-10(6-17-9)18-14(20)19(12)15(4-1-5-15)7-21-13(8)11/h2-3,6H,1,4-5,7H2,(H,18,20). The van der Waals surface area contributed by atoms with Gasteiger partial charge in [-0.2, -0.15) is 0 Å². The van der Waals surface area contributed by atoms with Gasteiger partial charge in [-0.3, -0.25) is 9.55 Å². The van der Waals surface area contributed by atoms with Crippen LogP contribution in [0.25, 0.3) is 21.9 Å². The Morgan fingerprint density at radius 2 is 2.24 bits per heavy atom. The minimum absolute atomic E-state index is 0.0598. The second-order valence-electron chi connectivity index (χ2n) is 5.92. The zero-order valence-electron chi connectivity index (χ0n) is 11.1. The Morgan fingerprint density at radius 1 is 1.38 bits per heavy atom. The molecule has 1 fully saturated rings. The molecule has 1 aromatic carbocycles. The topological polar surface area (TPSA) is 59.9 Å². The van der Waals surface area contributed by atoms with E-state index in [0.29, 0.717) is 6.61 Å². The molecule has 0 bridgehead atoms. The number of nitrogens with one attached hydrogen (secondary N) is 1. The number of hydrogen-bond acceptors (Lipinski definition) is 3. The highest BCUT2D eigenvalue weighted by atomic mass is 79.9. The third-order valence-electron chi connectivity index (χ3n) is 4.82. The summed E-state index contributed by atoms with van der Waals surface area (Å²) in [5, 5.41) is 0.920. The Bertz CT molecular complexity index is 968. The van der Waals surface area contributed by atoms with E-state index in [0.717, 1.165) is 51.4 Å². The van der Waals surface area contributed by atoms with Crippen LogP contribution in [-0.2, 0) is 5.54 Å². The molecule has 2 aliphatic rings. The third kappa shape index (κ3) is 1.31. The Balaban J connectivity index is 2.07. The summed E-state index contributed by atoms with van der Waals surface area (Å²) in [5.41, 5.74) is 2.30. The molecule has 1 spiro atoms. The highest BCUT2D eigenvalue weighted by molar-refractivity contribution is 9.10. The van der Waals surface area contributed by atoms with Gasteiger partial charge in [-0.05, 0) is 47.3 Å². The fourth-order valence-electron chi connectivity index (χ4n) is 3.63. The molecule has 6 heteroatoms. The summed E-state index contributed by atoms with van der Waals surface area (Å²) in [6.45, 7) is 0.534. The molecule has 0 amide bonds. The molecule has 5 rings (SSSR count). The van der Waals surface area contributed by atoms with Crippen molar-refractivity contribution in [2.24, 2.45) is 0 Å². The maximum absolute atomic E-state index is 12.5. The lowest BCUT2D eigenvalue weighted by Gasteiger charge is -2.41. The monoisotopic (exact) mass is 345 g/mol. The molecule has 1 N–H and O–H groups in total. The van der Waals surface area contributed by atoms with Crippen molar-refractivity contribution < 1.29 is 4.74 Å². The lowest BCUT2D eigenvalue weighted by atomic mass is 9.77. The number of benzene rings is 1. The molecule has 106 valence electrons. The van der Waals surface area contributed by atoms with Gasteiger partial charge in [0.15, 0.2) is 0 Å². The van der Waals surface area contributed by atoms with E-state index in [4.69, 9.17) is 4.74 Å². The summed E-state index contributed by atoms with van der Waals surface area (Å²) in [7, 11) is 0. The van der Waals surface area contributed by atoms with E-state index in [1.165, 1.54) is 0 Å². The van der Waals surface area contributed by atoms with Gasteiger partial charge in [-0.1, -0.05) is 0 Å². The number of fused-ring (bicyclic) bond motifs is 1. The quantitative estimate of drug-likeness (QED) is 0.681. The van der Waals surface area contributed by atoms with E-state index in [2.05, 4.69) is 25.9 Å². The van der Waals surface area contributed by atoms with Crippen LogP contribution in [0.5, 0.6) is 5.75 Å². The van der Waals surface area contributed by atoms with E-state index >= 15 is 0 Å². The van der Waals surface area contributed by atoms with Crippen molar-refractivity contribution in [1.29, 1.82) is 0 Å². The van der Waals surface area contributed by atoms with Crippen LogP contribution in [-0.4, -0.2) is 21.1 Å². The number of rotatable bonds is 0. The third-order valence-corrected chi connectivity index (χ3v) is 5.45. The summed E-state index contributed by atoms with van der Waals surface area (Å²) in [6.07, 6.45) is 4.84. The van der Waals surface area contributed by atoms with Crippen LogP contribution in [0.15, 0.2) is 27.6 Å². The largest absolute Gasteiger partial charge is 0.489 e. The van der Waals surface area contributed by atoms with Gasteiger partial charge < -0.3 is 9.72 Å². The highest BCUT2D eigenvalue weighted by Crippen LogP contribution is 2.46. The zero-order chi connectivity index (χ0) is 14.2. The van der Waals surface area contributed by atoms with Gasteiger partial charge in [0.25, 0.3) is 0 Å². The van der Waals surface area contributed by atoms with E-state index in [1.54, 1.807) is 6.20 Å². The Morgan fingerprint density at radius 3 is 3.00 bits per heavy atom. The summed E-state index contributed by atoms with van der Waals surface area (Å²) >= 11 is 3.56. The molecule has 0 atom stereocenters. The number of ether oxygens (including phenoxy) is 1.